The molecule has 7 heteroatoms. The van der Waals surface area contributed by atoms with E-state index >= 15 is 0 Å². The molecule has 1 rings (SSSR count). The van der Waals surface area contributed by atoms with E-state index in [1.807, 2.05) is 0 Å². The Bertz CT molecular complexity index is 342. The van der Waals surface area contributed by atoms with E-state index in [0.717, 1.165) is 12.1 Å². The maximum Gasteiger partial charge on any atom is 0.265 e. The van der Waals surface area contributed by atoms with Crippen molar-refractivity contribution < 1.29 is 33.2 Å². The Balaban J connectivity index is 3.35. The lowest BCUT2D eigenvalue weighted by molar-refractivity contribution is -0.0559. The van der Waals surface area contributed by atoms with E-state index in [-0.39, 0.29) is 11.8 Å². The fraction of sp³-hybridized carbons (Fsp3) is 0. The maximum atomic E-state index is 11.9. The average Bonchev–Trinajstić information content (AvgIpc) is 2.26. The minimum absolute atomic E-state index is 0.180. The lowest BCUT2D eigenvalue weighted by atomic mass is 10.2. The molecule has 0 amide bonds. The molecule has 14 heavy (non-hydrogen) atoms. The number of benzene rings is 1. The Morgan fingerprint density at radius 2 is 1.64 bits per heavy atom. The molecule has 0 heterocycles. The summed E-state index contributed by atoms with van der Waals surface area (Å²) >= 11 is 0. The van der Waals surface area contributed by atoms with Crippen LogP contribution in [-0.2, 0) is 0 Å². The molecule has 0 N–H and O–H groups in total. The monoisotopic (exact) mass is 208 g/mol. The normalized spacial score (nSPS) is 9.36. The summed E-state index contributed by atoms with van der Waals surface area (Å²) < 4.78 is 35.4. The first-order chi connectivity index (χ1) is 6.78. The predicted molar refractivity (Wildman–Crippen MR) is 37.0 cm³/mol. The van der Waals surface area contributed by atoms with Gasteiger partial charge in [0, 0.05) is 13.6 Å². The Morgan fingerprint density at radius 1 is 1.00 bits per heavy atom. The highest BCUT2D eigenvalue weighted by Crippen LogP contribution is 2.40. The van der Waals surface area contributed by atoms with Gasteiger partial charge in [-0.3, -0.25) is 19.6 Å². The van der Waals surface area contributed by atoms with Gasteiger partial charge in [0.15, 0.2) is 6.29 Å². The minimum atomic E-state index is -0.986. The molecule has 0 bridgehead atoms. The fourth-order valence-corrected chi connectivity index (χ4v) is 0.866. The molecule has 0 aliphatic heterocycles. The standard InChI is InChI=1S/C7H3F3O4/c8-12-5-2-1-4(3-11)6(13-9)7(5)14-10/h1-3H. The molecule has 0 aliphatic carbocycles. The van der Waals surface area contributed by atoms with Gasteiger partial charge in [0.05, 0.1) is 5.56 Å². The zero-order valence-electron chi connectivity index (χ0n) is 6.50. The SMILES string of the molecule is O=Cc1ccc(OF)c(OF)c1OF. The molecule has 0 saturated heterocycles. The smallest absolute Gasteiger partial charge is 0.265 e. The van der Waals surface area contributed by atoms with E-state index in [1.54, 1.807) is 0 Å². The van der Waals surface area contributed by atoms with E-state index in [9.17, 15) is 18.4 Å². The van der Waals surface area contributed by atoms with Crippen molar-refractivity contribution in [3.8, 4) is 17.2 Å². The number of hydrogen-bond acceptors (Lipinski definition) is 4. The quantitative estimate of drug-likeness (QED) is 0.712. The highest BCUT2D eigenvalue weighted by atomic mass is 19.3. The molecule has 0 fully saturated rings. The maximum absolute atomic E-state index is 11.9. The molecule has 0 atom stereocenters. The average molecular weight is 208 g/mol. The van der Waals surface area contributed by atoms with Crippen LogP contribution in [0.3, 0.4) is 0 Å². The molecular formula is C7H3F3O4. The van der Waals surface area contributed by atoms with Gasteiger partial charge in [-0.15, -0.1) is 0 Å². The molecule has 0 unspecified atom stereocenters. The van der Waals surface area contributed by atoms with Gasteiger partial charge >= 0.3 is 0 Å². The van der Waals surface area contributed by atoms with E-state index in [1.165, 1.54) is 0 Å². The first-order valence-electron chi connectivity index (χ1n) is 3.26. The van der Waals surface area contributed by atoms with Gasteiger partial charge in [0.2, 0.25) is 11.5 Å². The molecule has 0 radical (unpaired) electrons. The van der Waals surface area contributed by atoms with Crippen molar-refractivity contribution in [3.05, 3.63) is 17.7 Å². The minimum Gasteiger partial charge on any atom is -0.298 e. The number of carbonyl (C=O) groups is 1. The zero-order valence-corrected chi connectivity index (χ0v) is 6.50. The second-order valence-corrected chi connectivity index (χ2v) is 2.16. The molecule has 76 valence electrons. The first kappa shape index (κ1) is 10.2. The molecule has 0 spiro atoms. The van der Waals surface area contributed by atoms with Crippen LogP contribution in [0.15, 0.2) is 12.1 Å². The van der Waals surface area contributed by atoms with Crippen molar-refractivity contribution in [1.29, 1.82) is 0 Å². The lowest BCUT2D eigenvalue weighted by Crippen LogP contribution is -1.93. The summed E-state index contributed by atoms with van der Waals surface area (Å²) in [6.45, 7) is 0. The summed E-state index contributed by atoms with van der Waals surface area (Å²) in [5, 5.41) is 0. The van der Waals surface area contributed by atoms with E-state index in [4.69, 9.17) is 0 Å². The van der Waals surface area contributed by atoms with Crippen LogP contribution < -0.4 is 14.8 Å². The van der Waals surface area contributed by atoms with Gasteiger partial charge in [-0.2, -0.15) is 0 Å². The number of carbonyl (C=O) groups excluding carboxylic acids is 1. The number of hydrogen-bond donors (Lipinski definition) is 0. The summed E-state index contributed by atoms with van der Waals surface area (Å²) in [6, 6.07) is 1.85. The fourth-order valence-electron chi connectivity index (χ4n) is 0.866. The third kappa shape index (κ3) is 1.56. The highest BCUT2D eigenvalue weighted by molar-refractivity contribution is 5.82. The molecule has 1 aromatic rings. The topological polar surface area (TPSA) is 44.8 Å². The van der Waals surface area contributed by atoms with Gasteiger partial charge in [0.1, 0.15) is 0 Å². The van der Waals surface area contributed by atoms with Gasteiger partial charge < -0.3 is 0 Å². The first-order valence-corrected chi connectivity index (χ1v) is 3.26. The van der Waals surface area contributed by atoms with Crippen LogP contribution in [0.1, 0.15) is 10.4 Å². The van der Waals surface area contributed by atoms with Gasteiger partial charge in [-0.05, 0) is 12.1 Å². The van der Waals surface area contributed by atoms with Crippen molar-refractivity contribution in [1.82, 2.24) is 0 Å². The van der Waals surface area contributed by atoms with Gasteiger partial charge in [-0.25, -0.2) is 0 Å². The largest absolute Gasteiger partial charge is 0.298 e. The zero-order chi connectivity index (χ0) is 10.6. The summed E-state index contributed by atoms with van der Waals surface area (Å²) in [4.78, 5) is 19.7. The Morgan fingerprint density at radius 3 is 2.07 bits per heavy atom. The Labute approximate surface area is 75.5 Å². The van der Waals surface area contributed by atoms with Crippen molar-refractivity contribution in [2.45, 2.75) is 0 Å². The van der Waals surface area contributed by atoms with Crippen molar-refractivity contribution in [2.75, 3.05) is 0 Å². The number of aldehydes is 1. The van der Waals surface area contributed by atoms with Crippen LogP contribution in [-0.4, -0.2) is 6.29 Å². The van der Waals surface area contributed by atoms with Crippen LogP contribution in [0.5, 0.6) is 17.2 Å². The lowest BCUT2D eigenvalue weighted by Gasteiger charge is -2.04. The van der Waals surface area contributed by atoms with Gasteiger partial charge in [-0.1, -0.05) is 0 Å². The van der Waals surface area contributed by atoms with Crippen LogP contribution in [0, 0.1) is 0 Å². The third-order valence-electron chi connectivity index (χ3n) is 1.47. The summed E-state index contributed by atoms with van der Waals surface area (Å²) in [6.07, 6.45) is 0.180. The van der Waals surface area contributed by atoms with Crippen molar-refractivity contribution in [2.24, 2.45) is 0 Å². The molecule has 1 aromatic carbocycles. The summed E-state index contributed by atoms with van der Waals surface area (Å²) in [5.41, 5.74) is -0.346. The highest BCUT2D eigenvalue weighted by Gasteiger charge is 2.20. The second kappa shape index (κ2) is 4.35. The van der Waals surface area contributed by atoms with Crippen molar-refractivity contribution in [3.63, 3.8) is 0 Å². The van der Waals surface area contributed by atoms with Crippen LogP contribution >= 0.6 is 0 Å². The van der Waals surface area contributed by atoms with Crippen LogP contribution in [0.4, 0.5) is 13.6 Å². The predicted octanol–water partition coefficient (Wildman–Crippen LogP) is 2.29. The molecule has 0 aromatic heterocycles. The van der Waals surface area contributed by atoms with E-state index in [2.05, 4.69) is 14.8 Å². The third-order valence-corrected chi connectivity index (χ3v) is 1.47. The molecule has 0 aliphatic rings. The van der Waals surface area contributed by atoms with Crippen LogP contribution in [0.25, 0.3) is 0 Å². The van der Waals surface area contributed by atoms with E-state index in [0.29, 0.717) is 0 Å². The summed E-state index contributed by atoms with van der Waals surface area (Å²) in [5.74, 6) is -2.62. The summed E-state index contributed by atoms with van der Waals surface area (Å²) in [7, 11) is 0. The van der Waals surface area contributed by atoms with Crippen LogP contribution in [0.2, 0.25) is 0 Å². The molecule has 4 nitrogen and oxygen atoms in total. The molecular weight excluding hydrogens is 205 g/mol. The molecule has 0 saturated carbocycles. The Hall–Kier alpha value is -1.92. The second-order valence-electron chi connectivity index (χ2n) is 2.16. The van der Waals surface area contributed by atoms with Crippen molar-refractivity contribution >= 4 is 6.29 Å². The van der Waals surface area contributed by atoms with E-state index < -0.39 is 17.2 Å². The Kier molecular flexibility index (Phi) is 3.16. The number of halogens is 3. The van der Waals surface area contributed by atoms with Gasteiger partial charge in [0.25, 0.3) is 5.75 Å². The number of rotatable bonds is 4.